The number of likely N-dealkylation sites (tertiary alicyclic amines) is 6. The number of hydrogen-bond donors (Lipinski definition) is 1. The summed E-state index contributed by atoms with van der Waals surface area (Å²) in [5.74, 6) is -0.524. The van der Waals surface area contributed by atoms with Crippen molar-refractivity contribution in [2.24, 2.45) is 65.5 Å². The molecule has 2 saturated carbocycles. The summed E-state index contributed by atoms with van der Waals surface area (Å²) in [6.45, 7) is 92.5. The Balaban J connectivity index is 0.000000453. The van der Waals surface area contributed by atoms with E-state index in [1.165, 1.54) is 91.3 Å². The molecular weight excluding hydrogens is 1990 g/mol. The summed E-state index contributed by atoms with van der Waals surface area (Å²) in [5.41, 5.74) is -4.53. The van der Waals surface area contributed by atoms with Crippen LogP contribution in [0.15, 0.2) is 0 Å². The number of carbonyl (C=O) groups excluding carboxylic acids is 6. The molecule has 6 amide bonds. The predicted molar refractivity (Wildman–Crippen MR) is 603 cm³/mol. The van der Waals surface area contributed by atoms with Crippen molar-refractivity contribution in [2.75, 3.05) is 185 Å². The van der Waals surface area contributed by atoms with Gasteiger partial charge in [0.1, 0.15) is 0 Å². The lowest BCUT2D eigenvalue weighted by molar-refractivity contribution is -0.136. The molecule has 150 heavy (non-hydrogen) atoms. The van der Waals surface area contributed by atoms with Crippen molar-refractivity contribution in [3.8, 4) is 0 Å². The molecule has 10 aliphatic heterocycles. The van der Waals surface area contributed by atoms with Crippen molar-refractivity contribution < 1.29 is 113 Å². The van der Waals surface area contributed by atoms with Crippen LogP contribution in [0.25, 0.3) is 4.85 Å². The number of amides is 6. The highest BCUT2D eigenvalue weighted by molar-refractivity contribution is 7.89. The van der Waals surface area contributed by atoms with Crippen LogP contribution < -0.4 is 0 Å². The van der Waals surface area contributed by atoms with Crippen LogP contribution in [-0.2, 0) is 102 Å². The number of sulfonamides is 4. The molecule has 37 heteroatoms. The largest absolute Gasteiger partial charge is 0.388 e. The Morgan fingerprint density at radius 3 is 0.933 bits per heavy atom. The van der Waals surface area contributed by atoms with Crippen LogP contribution in [0.4, 0.5) is 0 Å². The second-order valence-corrected chi connectivity index (χ2v) is 62.8. The minimum atomic E-state index is -3.16. The smallest absolute Gasteiger partial charge is 0.252 e. The van der Waals surface area contributed by atoms with E-state index in [4.69, 9.17) is 52.1 Å². The lowest BCUT2D eigenvalue weighted by Crippen LogP contribution is -2.52. The van der Waals surface area contributed by atoms with Crippen LogP contribution in [0, 0.1) is 72.1 Å². The monoisotopic (exact) mass is 2220 g/mol. The number of methoxy groups -OCH3 is 6. The van der Waals surface area contributed by atoms with Crippen LogP contribution in [0.5, 0.6) is 0 Å². The highest BCUT2D eigenvalue weighted by Gasteiger charge is 2.70. The molecule has 1 spiro atoms. The summed E-state index contributed by atoms with van der Waals surface area (Å²) in [4.78, 5) is 84.5. The third-order valence-corrected chi connectivity index (χ3v) is 40.6. The van der Waals surface area contributed by atoms with Crippen molar-refractivity contribution in [2.45, 2.75) is 434 Å². The number of hydrogen-bond acceptors (Lipinski definition) is 22. The molecule has 12 aliphatic rings. The Bertz CT molecular complexity index is 5320. The highest BCUT2D eigenvalue weighted by Crippen LogP contribution is 2.65. The van der Waals surface area contributed by atoms with E-state index in [1.54, 1.807) is 73.3 Å². The molecule has 10 heterocycles. The zero-order valence-corrected chi connectivity index (χ0v) is 106. The summed E-state index contributed by atoms with van der Waals surface area (Å²) in [7, 11) is -6.32. The molecule has 0 aromatic carbocycles. The molecule has 880 valence electrons. The molecule has 2 aliphatic carbocycles. The van der Waals surface area contributed by atoms with Gasteiger partial charge >= 0.3 is 0 Å². The van der Waals surface area contributed by atoms with Gasteiger partial charge in [0.25, 0.3) is 5.54 Å². The van der Waals surface area contributed by atoms with Gasteiger partial charge < -0.3 is 72.5 Å². The summed E-state index contributed by atoms with van der Waals surface area (Å²) in [6, 6.07) is 0.0124. The van der Waals surface area contributed by atoms with Crippen LogP contribution in [0.3, 0.4) is 0 Å². The normalized spacial score (nSPS) is 31.0. The van der Waals surface area contributed by atoms with E-state index >= 15 is 0 Å². The molecule has 33 nitrogen and oxygen atoms in total. The molecule has 0 aromatic heterocycles. The Morgan fingerprint density at radius 2 is 0.693 bits per heavy atom. The lowest BCUT2D eigenvalue weighted by atomic mass is 9.68. The van der Waals surface area contributed by atoms with Gasteiger partial charge in [0.05, 0.1) is 126 Å². The Hall–Kier alpha value is -4.37. The third-order valence-electron chi connectivity index (χ3n) is 35.6. The van der Waals surface area contributed by atoms with E-state index in [2.05, 4.69) is 150 Å². The quantitative estimate of drug-likeness (QED) is 0.149. The van der Waals surface area contributed by atoms with Gasteiger partial charge in [-0.3, -0.25) is 28.8 Å². The molecular formula is C113H217N11O22S4. The van der Waals surface area contributed by atoms with Crippen molar-refractivity contribution in [1.29, 1.82) is 0 Å². The van der Waals surface area contributed by atoms with Crippen LogP contribution >= 0.6 is 0 Å². The Morgan fingerprint density at radius 1 is 0.360 bits per heavy atom. The van der Waals surface area contributed by atoms with Crippen LogP contribution in [-0.4, -0.2) is 375 Å². The standard InChI is InChI=1S/2C13H23NO2.2C13H25NO2.C12H23NO2.C11H21NO2.C10H18N2O2S.C10H21NO3S.C9H19NO3S.C9H19NO2S/c1-10(15)14-8-12(6-7-12)13(9-14,16-5)11(2,3)4;1-10(15)14-8-7-13(9-14,12(2,3)4)16-11-5-6-11;2*1-7-11(15)14-9-13(16-6,8-10(14)2)12(3,4)5;1-6-10(14)13-8-7-12(9-13,15-5)11(2,3)4;1-9(13)12-7-6-11(8-12,14-5)10(2,3)4;1-9(2,3)10(11-4)6-7-12(8-10)15(5,13)14;1-9(2,3)10(14-4)6-7-11(8-10)15(5,12)13;1-8(2,3)9(11)5-6-10(7-9)14(4,12)13;1-9(2,3)8-5-6-10(7-8)13(4,11)12/h6-9H2,1-5H3;11H,5-9H2,1-4H3;2*10H,7-9H2,1-6H3;6-9H2,1-5H3;6-8H2,1-5H3;6-8H2,1-3,5H3;6-8H2,1-5H3;11H,5-7H2,1-4H3;8H,5-7H2,1-4H3/t;;2*10-,13?;;;;;;/m..10....../s1/i;;2*7D2;6D2;5D3;;;;. The number of nitrogens with zero attached hydrogens (tertiary/aromatic N) is 11. The van der Waals surface area contributed by atoms with E-state index in [0.717, 1.165) is 64.7 Å². The molecule has 0 radical (unpaired) electrons. The SMILES string of the molecule is CC(=O)N1CCC(OC2CC2)(C(C)(C)C)C1.CC(C)(C)C1(O)CCN(S(C)(=O)=O)C1.CC(C)(C)C1CCN(S(C)(=O)=O)C1.COC1(C(C)(C)C)CCN(S(C)(=O)=O)C1.COC1(C(C)(C)C)CN(C(C)=O)CC12CC2.[2H]C([2H])(C)C(=O)N1CC(OC)(C(C)(C)C)C[C@@H]1C.[2H]C([2H])(C)C(=O)N1CC(OC)(C(C)(C)C)C[C@H]1C.[2H]C([2H])(C)C(=O)N1CCC(OC)(C(C)(C)C)C1.[2H]C([2H])([2H])OC1(C(C)(C)C)CCN(C(C)=O)C1.[C-]#[N+]C1(C(C)(C)C)CCN(S(C)(=O)=O)C1. The molecule has 1 N–H and O–H groups in total. The van der Waals surface area contributed by atoms with Gasteiger partial charge in [-0.1, -0.05) is 228 Å². The van der Waals surface area contributed by atoms with Crippen molar-refractivity contribution in [1.82, 2.24) is 46.6 Å². The number of carbonyl (C=O) groups is 6. The fraction of sp³-hybridized carbons (Fsp3) is 0.938. The minimum absolute atomic E-state index is 0.00620. The molecule has 12 fully saturated rings. The zero-order chi connectivity index (χ0) is 125. The topological polar surface area (TPSA) is 361 Å². The fourth-order valence-corrected chi connectivity index (χ4v) is 26.0. The number of aliphatic hydroxyl groups is 1. The maximum atomic E-state index is 12.1. The van der Waals surface area contributed by atoms with Crippen LogP contribution in [0.1, 0.15) is 378 Å². The maximum absolute atomic E-state index is 12.1. The second-order valence-electron chi connectivity index (χ2n) is 54.9. The summed E-state index contributed by atoms with van der Waals surface area (Å²) in [5, 5.41) is 10.3. The third kappa shape index (κ3) is 34.1. The molecule has 10 unspecified atom stereocenters. The average molecular weight is 2220 g/mol. The van der Waals surface area contributed by atoms with E-state index in [9.17, 15) is 67.5 Å². The Labute approximate surface area is 926 Å². The van der Waals surface area contributed by atoms with Gasteiger partial charge in [-0.15, -0.1) is 0 Å². The zero-order valence-electron chi connectivity index (χ0n) is 111. The second kappa shape index (κ2) is 51.1. The number of ether oxygens (including phenoxy) is 7. The predicted octanol–water partition coefficient (Wildman–Crippen LogP) is 17.1. The van der Waals surface area contributed by atoms with E-state index in [0.29, 0.717) is 116 Å². The molecule has 12 atom stereocenters. The van der Waals surface area contributed by atoms with Gasteiger partial charge in [0.15, 0.2) is 0 Å². The van der Waals surface area contributed by atoms with Crippen molar-refractivity contribution in [3.05, 3.63) is 11.4 Å². The lowest BCUT2D eigenvalue weighted by Gasteiger charge is -2.45. The first-order valence-corrected chi connectivity index (χ1v) is 61.2. The van der Waals surface area contributed by atoms with Gasteiger partial charge in [-0.25, -0.2) is 44.5 Å². The van der Waals surface area contributed by atoms with Gasteiger partial charge in [0.2, 0.25) is 75.5 Å². The summed E-state index contributed by atoms with van der Waals surface area (Å²) in [6.07, 6.45) is 11.4. The van der Waals surface area contributed by atoms with Gasteiger partial charge in [0, 0.05) is 192 Å². The van der Waals surface area contributed by atoms with Crippen LogP contribution in [0.2, 0.25) is 0 Å². The highest BCUT2D eigenvalue weighted by atomic mass is 32.2. The number of rotatable bonds is 15. The number of β-amino-alcohol motifs (C(OH)–C–C–N with tert-alkyl or cyclic N) is 1. The fourth-order valence-electron chi connectivity index (χ4n) is 22.5. The van der Waals surface area contributed by atoms with Crippen molar-refractivity contribution in [3.63, 3.8) is 0 Å². The molecule has 0 bridgehead atoms. The molecule has 10 saturated heterocycles. The van der Waals surface area contributed by atoms with E-state index in [1.807, 2.05) is 86.0 Å². The minimum Gasteiger partial charge on any atom is -0.388 e. The first-order valence-electron chi connectivity index (χ1n) is 58.3. The van der Waals surface area contributed by atoms with E-state index < -0.39 is 112 Å². The van der Waals surface area contributed by atoms with Crippen molar-refractivity contribution >= 4 is 75.5 Å². The first-order chi connectivity index (χ1) is 70.5. The maximum Gasteiger partial charge on any atom is 0.252 e. The first kappa shape index (κ1) is 124. The molecule has 12 rings (SSSR count). The molecule has 0 aromatic rings. The van der Waals surface area contributed by atoms with Gasteiger partial charge in [-0.05, 0) is 146 Å². The Kier molecular flexibility index (Phi) is 42.3. The van der Waals surface area contributed by atoms with Gasteiger partial charge in [-0.2, -0.15) is 12.9 Å². The average Bonchev–Trinajstić information content (AvgIpc) is 1.52. The summed E-state index contributed by atoms with van der Waals surface area (Å²) >= 11 is 0. The summed E-state index contributed by atoms with van der Waals surface area (Å²) < 4.78 is 204. The van der Waals surface area contributed by atoms with E-state index in [-0.39, 0.29) is 118 Å².